The molecule has 11 nitrogen and oxygen atoms in total. The van der Waals surface area contributed by atoms with E-state index in [1.54, 1.807) is 23.1 Å². The van der Waals surface area contributed by atoms with E-state index in [1.807, 2.05) is 25.1 Å². The van der Waals surface area contributed by atoms with Gasteiger partial charge in [-0.1, -0.05) is 61.5 Å². The first-order valence-electron chi connectivity index (χ1n) is 14.4. The van der Waals surface area contributed by atoms with Gasteiger partial charge in [-0.25, -0.2) is 4.68 Å². The van der Waals surface area contributed by atoms with E-state index < -0.39 is 0 Å². The monoisotopic (exact) mass is 583 g/mol. The molecular weight excluding hydrogens is 546 g/mol. The van der Waals surface area contributed by atoms with Gasteiger partial charge in [-0.2, -0.15) is 0 Å². The molecule has 1 aromatic heterocycles. The molecule has 0 bridgehead atoms. The Balaban J connectivity index is 1.32. The highest BCUT2D eigenvalue weighted by Gasteiger charge is 2.33. The molecule has 1 aliphatic rings. The number of aliphatic hydroxyl groups excluding tert-OH is 1. The van der Waals surface area contributed by atoms with Crippen molar-refractivity contribution in [2.75, 3.05) is 32.1 Å². The number of hydrogen-bond acceptors (Lipinski definition) is 8. The van der Waals surface area contributed by atoms with Crippen LogP contribution < -0.4 is 10.1 Å². The van der Waals surface area contributed by atoms with Crippen molar-refractivity contribution in [3.05, 3.63) is 90.3 Å². The number of carbonyl (C=O) groups excluding carboxylic acids is 2. The van der Waals surface area contributed by atoms with Gasteiger partial charge in [0.05, 0.1) is 18.2 Å². The first-order valence-corrected chi connectivity index (χ1v) is 14.4. The minimum atomic E-state index is -0.388. The van der Waals surface area contributed by atoms with E-state index in [0.29, 0.717) is 30.1 Å². The number of ether oxygens (including phenoxy) is 1. The van der Waals surface area contributed by atoms with Crippen LogP contribution in [0, 0.1) is 5.92 Å². The van der Waals surface area contributed by atoms with Gasteiger partial charge in [0.25, 0.3) is 5.91 Å². The number of aliphatic hydroxyl groups is 1. The Morgan fingerprint density at radius 3 is 2.56 bits per heavy atom. The quantitative estimate of drug-likeness (QED) is 0.291. The van der Waals surface area contributed by atoms with Gasteiger partial charge < -0.3 is 20.1 Å². The lowest BCUT2D eigenvalue weighted by Gasteiger charge is -2.38. The van der Waals surface area contributed by atoms with Crippen molar-refractivity contribution in [1.82, 2.24) is 30.0 Å². The van der Waals surface area contributed by atoms with Crippen molar-refractivity contribution >= 4 is 17.5 Å². The molecule has 2 heterocycles. The number of benzene rings is 3. The molecule has 11 heteroatoms. The van der Waals surface area contributed by atoms with Gasteiger partial charge in [0, 0.05) is 31.2 Å². The molecule has 224 valence electrons. The summed E-state index contributed by atoms with van der Waals surface area (Å²) in [6.07, 6.45) is 1.12. The van der Waals surface area contributed by atoms with Crippen LogP contribution in [0.4, 0.5) is 5.69 Å². The maximum atomic E-state index is 13.7. The van der Waals surface area contributed by atoms with Crippen LogP contribution in [0.5, 0.6) is 5.75 Å². The third-order valence-electron chi connectivity index (χ3n) is 7.65. The normalized spacial score (nSPS) is 17.5. The molecule has 2 N–H and O–H groups in total. The molecule has 4 aromatic rings. The van der Waals surface area contributed by atoms with E-state index in [0.717, 1.165) is 6.54 Å². The smallest absolute Gasteiger partial charge is 0.258 e. The van der Waals surface area contributed by atoms with Crippen molar-refractivity contribution in [3.63, 3.8) is 0 Å². The maximum Gasteiger partial charge on any atom is 0.258 e. The van der Waals surface area contributed by atoms with Crippen LogP contribution in [0.25, 0.3) is 11.1 Å². The summed E-state index contributed by atoms with van der Waals surface area (Å²) in [6, 6.07) is 23.5. The molecule has 0 saturated heterocycles. The fourth-order valence-electron chi connectivity index (χ4n) is 5.24. The minimum absolute atomic E-state index is 0.00956. The number of nitrogens with zero attached hydrogens (tertiary/aromatic N) is 6. The molecule has 0 unspecified atom stereocenters. The number of aromatic nitrogens is 4. The zero-order valence-corrected chi connectivity index (χ0v) is 24.6. The highest BCUT2D eigenvalue weighted by atomic mass is 16.5. The predicted molar refractivity (Wildman–Crippen MR) is 162 cm³/mol. The average molecular weight is 584 g/mol. The van der Waals surface area contributed by atoms with Crippen LogP contribution in [0.1, 0.15) is 29.8 Å². The molecule has 3 aromatic carbocycles. The number of rotatable bonds is 10. The van der Waals surface area contributed by atoms with Gasteiger partial charge >= 0.3 is 0 Å². The van der Waals surface area contributed by atoms with E-state index in [1.165, 1.54) is 27.7 Å². The molecule has 5 rings (SSSR count). The van der Waals surface area contributed by atoms with Gasteiger partial charge in [-0.05, 0) is 59.3 Å². The van der Waals surface area contributed by atoms with Crippen LogP contribution in [0.15, 0.2) is 79.1 Å². The highest BCUT2D eigenvalue weighted by molar-refractivity contribution is 5.99. The van der Waals surface area contributed by atoms with Gasteiger partial charge in [-0.15, -0.1) is 5.10 Å². The van der Waals surface area contributed by atoms with E-state index in [-0.39, 0.29) is 43.0 Å². The number of hydrogen-bond donors (Lipinski definition) is 2. The summed E-state index contributed by atoms with van der Waals surface area (Å²) in [4.78, 5) is 30.2. The Morgan fingerprint density at radius 1 is 1.12 bits per heavy atom. The molecule has 0 spiro atoms. The molecule has 0 saturated carbocycles. The SMILES string of the molecule is C[C@H](CO)N1C[C@H](C)[C@@H](CN(C)Cc2ccc(-c3ccccc3)cc2)Oc2ccc(NC(=O)Cn3cnnn3)cc2C1=O. The number of amides is 2. The molecular formula is C32H37N7O4. The molecule has 0 radical (unpaired) electrons. The minimum Gasteiger partial charge on any atom is -0.488 e. The summed E-state index contributed by atoms with van der Waals surface area (Å²) >= 11 is 0. The standard InChI is InChI=1S/C32H37N7O4/c1-22-16-39(23(2)20-40)32(42)28-15-27(34-31(41)19-38-21-33-35-36-38)13-14-29(28)43-30(22)18-37(3)17-24-9-11-26(12-10-24)25-7-5-4-6-8-25/h4-15,21-23,30,40H,16-20H2,1-3H3,(H,34,41)/t22-,23+,30+/m0/s1. The summed E-state index contributed by atoms with van der Waals surface area (Å²) in [5.41, 5.74) is 4.33. The molecule has 0 aliphatic carbocycles. The lowest BCUT2D eigenvalue weighted by Crippen LogP contribution is -2.49. The second-order valence-electron chi connectivity index (χ2n) is 11.1. The number of tetrazole rings is 1. The first kappa shape index (κ1) is 29.9. The topological polar surface area (TPSA) is 126 Å². The number of nitrogens with one attached hydrogen (secondary N) is 1. The lowest BCUT2D eigenvalue weighted by molar-refractivity contribution is -0.116. The summed E-state index contributed by atoms with van der Waals surface area (Å²) in [5, 5.41) is 23.5. The van der Waals surface area contributed by atoms with Gasteiger partial charge in [0.2, 0.25) is 5.91 Å². The molecule has 2 amide bonds. The molecule has 0 fully saturated rings. The predicted octanol–water partition coefficient (Wildman–Crippen LogP) is 3.33. The third kappa shape index (κ3) is 7.43. The van der Waals surface area contributed by atoms with Crippen LogP contribution in [-0.4, -0.2) is 85.8 Å². The first-order chi connectivity index (χ1) is 20.8. The number of carbonyl (C=O) groups is 2. The summed E-state index contributed by atoms with van der Waals surface area (Å²) in [6.45, 7) is 5.43. The van der Waals surface area contributed by atoms with E-state index >= 15 is 0 Å². The fraction of sp³-hybridized carbons (Fsp3) is 0.344. The Bertz CT molecular complexity index is 1510. The Morgan fingerprint density at radius 2 is 1.86 bits per heavy atom. The fourth-order valence-corrected chi connectivity index (χ4v) is 5.24. The van der Waals surface area contributed by atoms with E-state index in [2.05, 4.69) is 76.1 Å². The van der Waals surface area contributed by atoms with Crippen molar-refractivity contribution < 1.29 is 19.4 Å². The van der Waals surface area contributed by atoms with Crippen LogP contribution in [0.3, 0.4) is 0 Å². The Kier molecular flexibility index (Phi) is 9.43. The zero-order chi connectivity index (χ0) is 30.3. The van der Waals surface area contributed by atoms with Gasteiger partial charge in [0.15, 0.2) is 0 Å². The van der Waals surface area contributed by atoms with Crippen molar-refractivity contribution in [3.8, 4) is 16.9 Å². The number of likely N-dealkylation sites (N-methyl/N-ethyl adjacent to an activating group) is 1. The van der Waals surface area contributed by atoms with Crippen molar-refractivity contribution in [2.45, 2.75) is 39.1 Å². The molecule has 43 heavy (non-hydrogen) atoms. The average Bonchev–Trinajstić information content (AvgIpc) is 3.52. The Labute approximate surface area is 251 Å². The van der Waals surface area contributed by atoms with Crippen LogP contribution in [-0.2, 0) is 17.9 Å². The van der Waals surface area contributed by atoms with Gasteiger partial charge in [0.1, 0.15) is 24.7 Å². The van der Waals surface area contributed by atoms with E-state index in [9.17, 15) is 14.7 Å². The number of fused-ring (bicyclic) bond motifs is 1. The lowest BCUT2D eigenvalue weighted by atomic mass is 9.99. The van der Waals surface area contributed by atoms with Gasteiger partial charge in [-0.3, -0.25) is 14.5 Å². The van der Waals surface area contributed by atoms with Crippen molar-refractivity contribution in [1.29, 1.82) is 0 Å². The largest absolute Gasteiger partial charge is 0.488 e. The molecule has 3 atom stereocenters. The van der Waals surface area contributed by atoms with Crippen LogP contribution in [0.2, 0.25) is 0 Å². The van der Waals surface area contributed by atoms with Crippen LogP contribution >= 0.6 is 0 Å². The summed E-state index contributed by atoms with van der Waals surface area (Å²) < 4.78 is 7.82. The number of anilines is 1. The summed E-state index contributed by atoms with van der Waals surface area (Å²) in [7, 11) is 2.06. The maximum absolute atomic E-state index is 13.7. The Hall–Kier alpha value is -4.61. The van der Waals surface area contributed by atoms with Crippen molar-refractivity contribution in [2.24, 2.45) is 5.92 Å². The van der Waals surface area contributed by atoms with E-state index in [4.69, 9.17) is 4.74 Å². The second-order valence-corrected chi connectivity index (χ2v) is 11.1. The third-order valence-corrected chi connectivity index (χ3v) is 7.65. The highest BCUT2D eigenvalue weighted by Crippen LogP contribution is 2.31. The summed E-state index contributed by atoms with van der Waals surface area (Å²) in [5.74, 6) is -0.164. The second kappa shape index (κ2) is 13.6. The molecule has 1 aliphatic heterocycles. The zero-order valence-electron chi connectivity index (χ0n) is 24.6.